The molecule has 1 heterocycles. The predicted molar refractivity (Wildman–Crippen MR) is 75.7 cm³/mol. The third-order valence-electron chi connectivity index (χ3n) is 2.62. The fourth-order valence-electron chi connectivity index (χ4n) is 1.68. The molecule has 7 heteroatoms. The Balaban J connectivity index is 2.31. The average Bonchev–Trinajstić information content (AvgIpc) is 2.80. The number of carbonyl (C=O) groups excluding carboxylic acids is 1. The maximum Gasteiger partial charge on any atom is 0.327 e. The second-order valence-corrected chi connectivity index (χ2v) is 6.04. The maximum absolute atomic E-state index is 12.2. The number of rotatable bonds is 2. The van der Waals surface area contributed by atoms with Gasteiger partial charge in [-0.15, -0.1) is 11.8 Å². The lowest BCUT2D eigenvalue weighted by molar-refractivity contribution is -0.140. The summed E-state index contributed by atoms with van der Waals surface area (Å²) < 4.78 is 0.812. The molecular formula is C11H10INO4S. The molecule has 96 valence electrons. The topological polar surface area (TPSA) is 77.8 Å². The number of aliphatic carboxylic acids is 1. The van der Waals surface area contributed by atoms with Gasteiger partial charge in [0.25, 0.3) is 5.91 Å². The summed E-state index contributed by atoms with van der Waals surface area (Å²) >= 11 is 3.43. The van der Waals surface area contributed by atoms with Crippen LogP contribution in [0.1, 0.15) is 10.4 Å². The van der Waals surface area contributed by atoms with Gasteiger partial charge in [0.15, 0.2) is 0 Å². The lowest BCUT2D eigenvalue weighted by atomic mass is 10.1. The predicted octanol–water partition coefficient (Wildman–Crippen LogP) is 1.60. The van der Waals surface area contributed by atoms with Crippen molar-refractivity contribution in [2.75, 3.05) is 11.6 Å². The molecule has 0 aliphatic carbocycles. The smallest absolute Gasteiger partial charge is 0.327 e. The number of hydrogen-bond acceptors (Lipinski definition) is 4. The standard InChI is InChI=1S/C11H10INO4S/c12-6-1-2-9(14)7(3-6)10(15)13-5-18-4-8(13)11(16)17/h1-3,8,14H,4-5H2,(H,16,17). The van der Waals surface area contributed by atoms with Crippen molar-refractivity contribution in [2.24, 2.45) is 0 Å². The highest BCUT2D eigenvalue weighted by molar-refractivity contribution is 14.1. The van der Waals surface area contributed by atoms with Gasteiger partial charge in [0.05, 0.1) is 11.4 Å². The van der Waals surface area contributed by atoms with E-state index in [1.165, 1.54) is 22.7 Å². The van der Waals surface area contributed by atoms with Gasteiger partial charge in [-0.25, -0.2) is 4.79 Å². The van der Waals surface area contributed by atoms with E-state index in [1.54, 1.807) is 12.1 Å². The number of halogens is 1. The Morgan fingerprint density at radius 1 is 1.44 bits per heavy atom. The molecular weight excluding hydrogens is 369 g/mol. The summed E-state index contributed by atoms with van der Waals surface area (Å²) in [7, 11) is 0. The van der Waals surface area contributed by atoms with E-state index in [1.807, 2.05) is 22.6 Å². The number of carboxylic acids is 1. The first kappa shape index (κ1) is 13.5. The molecule has 1 amide bonds. The fourth-order valence-corrected chi connectivity index (χ4v) is 3.32. The normalized spacial score (nSPS) is 18.9. The zero-order valence-corrected chi connectivity index (χ0v) is 12.1. The molecule has 5 nitrogen and oxygen atoms in total. The zero-order valence-electron chi connectivity index (χ0n) is 9.17. The minimum absolute atomic E-state index is 0.124. The number of aromatic hydroxyl groups is 1. The summed E-state index contributed by atoms with van der Waals surface area (Å²) in [5, 5.41) is 18.7. The molecule has 18 heavy (non-hydrogen) atoms. The van der Waals surface area contributed by atoms with Gasteiger partial charge in [-0.1, -0.05) is 0 Å². The molecule has 0 spiro atoms. The number of carboxylic acid groups (broad SMARTS) is 1. The first-order chi connectivity index (χ1) is 8.50. The summed E-state index contributed by atoms with van der Waals surface area (Å²) in [5.74, 6) is -0.865. The summed E-state index contributed by atoms with van der Waals surface area (Å²) in [6.07, 6.45) is 0. The van der Waals surface area contributed by atoms with Gasteiger partial charge in [0, 0.05) is 9.32 Å². The first-order valence-electron chi connectivity index (χ1n) is 5.10. The van der Waals surface area contributed by atoms with Crippen LogP contribution in [-0.4, -0.2) is 44.7 Å². The van der Waals surface area contributed by atoms with E-state index in [-0.39, 0.29) is 11.3 Å². The second kappa shape index (κ2) is 5.35. The summed E-state index contributed by atoms with van der Waals surface area (Å²) in [4.78, 5) is 24.5. The molecule has 2 N–H and O–H groups in total. The highest BCUT2D eigenvalue weighted by Crippen LogP contribution is 2.27. The third kappa shape index (κ3) is 2.56. The van der Waals surface area contributed by atoms with Crippen LogP contribution < -0.4 is 0 Å². The van der Waals surface area contributed by atoms with E-state index in [9.17, 15) is 14.7 Å². The van der Waals surface area contributed by atoms with Crippen LogP contribution >= 0.6 is 34.4 Å². The van der Waals surface area contributed by atoms with Gasteiger partial charge in [-0.05, 0) is 40.8 Å². The van der Waals surface area contributed by atoms with E-state index in [0.29, 0.717) is 11.6 Å². The van der Waals surface area contributed by atoms with Crippen LogP contribution in [0.25, 0.3) is 0 Å². The van der Waals surface area contributed by atoms with E-state index in [0.717, 1.165) is 3.57 Å². The van der Waals surface area contributed by atoms with Crippen molar-refractivity contribution in [3.63, 3.8) is 0 Å². The Kier molecular flexibility index (Phi) is 4.00. The molecule has 1 aromatic carbocycles. The van der Waals surface area contributed by atoms with Crippen molar-refractivity contribution in [2.45, 2.75) is 6.04 Å². The van der Waals surface area contributed by atoms with Crippen LogP contribution in [-0.2, 0) is 4.79 Å². The second-order valence-electron chi connectivity index (χ2n) is 3.79. The van der Waals surface area contributed by atoms with Crippen LogP contribution in [0.2, 0.25) is 0 Å². The number of amides is 1. The molecule has 0 saturated carbocycles. The number of benzene rings is 1. The minimum atomic E-state index is -1.02. The molecule has 1 atom stereocenters. The quantitative estimate of drug-likeness (QED) is 0.764. The Bertz CT molecular complexity index is 508. The summed E-state index contributed by atoms with van der Waals surface area (Å²) in [5.41, 5.74) is 0.149. The number of phenolic OH excluding ortho intramolecular Hbond substituents is 1. The van der Waals surface area contributed by atoms with Crippen LogP contribution in [0.4, 0.5) is 0 Å². The van der Waals surface area contributed by atoms with Gasteiger partial charge in [-0.2, -0.15) is 0 Å². The number of nitrogens with zero attached hydrogens (tertiary/aromatic N) is 1. The first-order valence-corrected chi connectivity index (χ1v) is 7.34. The largest absolute Gasteiger partial charge is 0.507 e. The molecule has 0 radical (unpaired) electrons. The number of phenols is 1. The SMILES string of the molecule is O=C(O)C1CSCN1C(=O)c1cc(I)ccc1O. The molecule has 1 fully saturated rings. The van der Waals surface area contributed by atoms with E-state index >= 15 is 0 Å². The molecule has 2 rings (SSSR count). The maximum atomic E-state index is 12.2. The van der Waals surface area contributed by atoms with Crippen molar-refractivity contribution < 1.29 is 19.8 Å². The van der Waals surface area contributed by atoms with Gasteiger partial charge in [-0.3, -0.25) is 4.79 Å². The van der Waals surface area contributed by atoms with Crippen LogP contribution in [0.3, 0.4) is 0 Å². The van der Waals surface area contributed by atoms with Gasteiger partial charge in [0.2, 0.25) is 0 Å². The highest BCUT2D eigenvalue weighted by atomic mass is 127. The molecule has 1 aromatic rings. The lowest BCUT2D eigenvalue weighted by Crippen LogP contribution is -2.41. The fraction of sp³-hybridized carbons (Fsp3) is 0.273. The zero-order chi connectivity index (χ0) is 13.3. The van der Waals surface area contributed by atoms with E-state index < -0.39 is 17.9 Å². The van der Waals surface area contributed by atoms with Crippen molar-refractivity contribution in [3.05, 3.63) is 27.3 Å². The molecule has 1 saturated heterocycles. The average molecular weight is 379 g/mol. The Hall–Kier alpha value is -0.960. The van der Waals surface area contributed by atoms with Gasteiger partial charge in [0.1, 0.15) is 11.8 Å². The summed E-state index contributed by atoms with van der Waals surface area (Å²) in [6.45, 7) is 0. The van der Waals surface area contributed by atoms with E-state index in [2.05, 4.69) is 0 Å². The minimum Gasteiger partial charge on any atom is -0.507 e. The Morgan fingerprint density at radius 2 is 2.17 bits per heavy atom. The van der Waals surface area contributed by atoms with Crippen LogP contribution in [0.5, 0.6) is 5.75 Å². The third-order valence-corrected chi connectivity index (χ3v) is 4.30. The molecule has 1 aliphatic rings. The number of thioether (sulfide) groups is 1. The van der Waals surface area contributed by atoms with Crippen LogP contribution in [0, 0.1) is 3.57 Å². The van der Waals surface area contributed by atoms with Crippen molar-refractivity contribution in [1.82, 2.24) is 4.90 Å². The van der Waals surface area contributed by atoms with Gasteiger partial charge >= 0.3 is 5.97 Å². The van der Waals surface area contributed by atoms with Crippen molar-refractivity contribution in [1.29, 1.82) is 0 Å². The van der Waals surface area contributed by atoms with Crippen molar-refractivity contribution in [3.8, 4) is 5.75 Å². The van der Waals surface area contributed by atoms with Gasteiger partial charge < -0.3 is 15.1 Å². The van der Waals surface area contributed by atoms with Crippen LogP contribution in [0.15, 0.2) is 18.2 Å². The molecule has 1 unspecified atom stereocenters. The molecule has 0 aromatic heterocycles. The Morgan fingerprint density at radius 3 is 2.83 bits per heavy atom. The molecule has 1 aliphatic heterocycles. The monoisotopic (exact) mass is 379 g/mol. The lowest BCUT2D eigenvalue weighted by Gasteiger charge is -2.20. The Labute approximate surface area is 121 Å². The summed E-state index contributed by atoms with van der Waals surface area (Å²) in [6, 6.07) is 3.86. The van der Waals surface area contributed by atoms with Crippen molar-refractivity contribution >= 4 is 46.2 Å². The number of carbonyl (C=O) groups is 2. The molecule has 0 bridgehead atoms. The number of hydrogen-bond donors (Lipinski definition) is 2. The highest BCUT2D eigenvalue weighted by Gasteiger charge is 2.35. The van der Waals surface area contributed by atoms with E-state index in [4.69, 9.17) is 5.11 Å².